The number of carbonyl (C=O) groups is 1. The molecule has 3 heteroatoms. The van der Waals surface area contributed by atoms with E-state index in [1.165, 1.54) is 35.4 Å². The van der Waals surface area contributed by atoms with Gasteiger partial charge in [0, 0.05) is 11.6 Å². The van der Waals surface area contributed by atoms with Crippen LogP contribution in [0.1, 0.15) is 27.9 Å². The largest absolute Gasteiger partial charge is 0.349 e. The van der Waals surface area contributed by atoms with Crippen LogP contribution in [0.3, 0.4) is 0 Å². The number of benzene rings is 2. The molecule has 20 heavy (non-hydrogen) atoms. The van der Waals surface area contributed by atoms with Crippen molar-refractivity contribution in [3.63, 3.8) is 0 Å². The fraction of sp³-hybridized carbons (Fsp3) is 0.235. The maximum atomic E-state index is 12.8. The lowest BCUT2D eigenvalue weighted by Gasteiger charge is -2.25. The summed E-state index contributed by atoms with van der Waals surface area (Å²) in [5, 5.41) is 3.03. The SMILES string of the molecule is O=C(NC1CCc2ccccc2C1)c1ccc(F)cc1. The Kier molecular flexibility index (Phi) is 3.50. The smallest absolute Gasteiger partial charge is 0.251 e. The molecule has 3 rings (SSSR count). The lowest BCUT2D eigenvalue weighted by Crippen LogP contribution is -2.38. The van der Waals surface area contributed by atoms with Gasteiger partial charge in [0.2, 0.25) is 0 Å². The van der Waals surface area contributed by atoms with Crippen molar-refractivity contribution in [2.24, 2.45) is 0 Å². The van der Waals surface area contributed by atoms with Gasteiger partial charge in [0.15, 0.2) is 0 Å². The molecule has 1 amide bonds. The summed E-state index contributed by atoms with van der Waals surface area (Å²) in [6.45, 7) is 0. The molecule has 2 aromatic carbocycles. The second-order valence-electron chi connectivity index (χ2n) is 5.19. The molecule has 1 N–H and O–H groups in total. The highest BCUT2D eigenvalue weighted by Crippen LogP contribution is 2.21. The van der Waals surface area contributed by atoms with Crippen molar-refractivity contribution in [1.82, 2.24) is 5.32 Å². The monoisotopic (exact) mass is 269 g/mol. The Morgan fingerprint density at radius 1 is 1.05 bits per heavy atom. The number of rotatable bonds is 2. The van der Waals surface area contributed by atoms with E-state index in [9.17, 15) is 9.18 Å². The minimum atomic E-state index is -0.326. The number of carbonyl (C=O) groups excluding carboxylic acids is 1. The van der Waals surface area contributed by atoms with Crippen LogP contribution in [0.25, 0.3) is 0 Å². The Labute approximate surface area is 117 Å². The van der Waals surface area contributed by atoms with Crippen LogP contribution >= 0.6 is 0 Å². The molecule has 1 aliphatic carbocycles. The molecule has 0 bridgehead atoms. The van der Waals surface area contributed by atoms with Crippen molar-refractivity contribution in [2.75, 3.05) is 0 Å². The Bertz CT molecular complexity index is 621. The van der Waals surface area contributed by atoms with E-state index in [1.54, 1.807) is 0 Å². The molecule has 0 aromatic heterocycles. The number of nitrogens with one attached hydrogen (secondary N) is 1. The van der Waals surface area contributed by atoms with Crippen molar-refractivity contribution in [3.05, 3.63) is 71.0 Å². The molecule has 0 saturated carbocycles. The molecular formula is C17H16FNO. The Balaban J connectivity index is 1.67. The molecule has 2 aromatic rings. The number of halogens is 1. The van der Waals surface area contributed by atoms with Crippen molar-refractivity contribution < 1.29 is 9.18 Å². The summed E-state index contributed by atoms with van der Waals surface area (Å²) >= 11 is 0. The standard InChI is InChI=1S/C17H16FNO/c18-15-8-5-13(6-9-15)17(20)19-16-10-7-12-3-1-2-4-14(12)11-16/h1-6,8-9,16H,7,10-11H2,(H,19,20). The Morgan fingerprint density at radius 2 is 1.75 bits per heavy atom. The van der Waals surface area contributed by atoms with Gasteiger partial charge in [0.05, 0.1) is 0 Å². The summed E-state index contributed by atoms with van der Waals surface area (Å²) in [5.74, 6) is -0.456. The molecule has 0 heterocycles. The van der Waals surface area contributed by atoms with Gasteiger partial charge in [-0.25, -0.2) is 4.39 Å². The molecule has 0 fully saturated rings. The van der Waals surface area contributed by atoms with Gasteiger partial charge >= 0.3 is 0 Å². The summed E-state index contributed by atoms with van der Waals surface area (Å²) in [6, 6.07) is 14.2. The quantitative estimate of drug-likeness (QED) is 0.891. The van der Waals surface area contributed by atoms with E-state index in [0.717, 1.165) is 19.3 Å². The van der Waals surface area contributed by atoms with Crippen LogP contribution < -0.4 is 5.32 Å². The predicted octanol–water partition coefficient (Wildman–Crippen LogP) is 3.11. The highest BCUT2D eigenvalue weighted by Gasteiger charge is 2.20. The molecule has 1 unspecified atom stereocenters. The molecule has 0 radical (unpaired) electrons. The number of amides is 1. The van der Waals surface area contributed by atoms with E-state index in [1.807, 2.05) is 6.07 Å². The molecule has 2 nitrogen and oxygen atoms in total. The Morgan fingerprint density at radius 3 is 2.50 bits per heavy atom. The summed E-state index contributed by atoms with van der Waals surface area (Å²) in [5.41, 5.74) is 3.19. The lowest BCUT2D eigenvalue weighted by atomic mass is 9.88. The van der Waals surface area contributed by atoms with Crippen LogP contribution in [0.15, 0.2) is 48.5 Å². The molecule has 0 aliphatic heterocycles. The third-order valence-electron chi connectivity index (χ3n) is 3.79. The second kappa shape index (κ2) is 5.45. The van der Waals surface area contributed by atoms with E-state index >= 15 is 0 Å². The first kappa shape index (κ1) is 12.9. The van der Waals surface area contributed by atoms with Crippen molar-refractivity contribution in [2.45, 2.75) is 25.3 Å². The van der Waals surface area contributed by atoms with Gasteiger partial charge in [-0.2, -0.15) is 0 Å². The first-order valence-corrected chi connectivity index (χ1v) is 6.85. The van der Waals surface area contributed by atoms with E-state index in [2.05, 4.69) is 23.5 Å². The van der Waals surface area contributed by atoms with E-state index in [-0.39, 0.29) is 17.8 Å². The first-order valence-electron chi connectivity index (χ1n) is 6.85. The molecule has 1 atom stereocenters. The zero-order valence-electron chi connectivity index (χ0n) is 11.1. The summed E-state index contributed by atoms with van der Waals surface area (Å²) < 4.78 is 12.8. The zero-order chi connectivity index (χ0) is 13.9. The zero-order valence-corrected chi connectivity index (χ0v) is 11.1. The van der Waals surface area contributed by atoms with Gasteiger partial charge in [-0.3, -0.25) is 4.79 Å². The molecule has 0 spiro atoms. The average molecular weight is 269 g/mol. The number of hydrogen-bond donors (Lipinski definition) is 1. The van der Waals surface area contributed by atoms with E-state index < -0.39 is 0 Å². The minimum absolute atomic E-state index is 0.130. The third kappa shape index (κ3) is 2.72. The fourth-order valence-electron chi connectivity index (χ4n) is 2.69. The predicted molar refractivity (Wildman–Crippen MR) is 76.1 cm³/mol. The first-order chi connectivity index (χ1) is 9.72. The molecule has 1 aliphatic rings. The van der Waals surface area contributed by atoms with Crippen LogP contribution in [-0.4, -0.2) is 11.9 Å². The van der Waals surface area contributed by atoms with E-state index in [0.29, 0.717) is 5.56 Å². The van der Waals surface area contributed by atoms with Gasteiger partial charge in [0.1, 0.15) is 5.82 Å². The average Bonchev–Trinajstić information content (AvgIpc) is 2.48. The normalized spacial score (nSPS) is 17.4. The minimum Gasteiger partial charge on any atom is -0.349 e. The molecule has 102 valence electrons. The number of aryl methyl sites for hydroxylation is 1. The fourth-order valence-corrected chi connectivity index (χ4v) is 2.69. The van der Waals surface area contributed by atoms with Gasteiger partial charge in [-0.15, -0.1) is 0 Å². The van der Waals surface area contributed by atoms with Crippen molar-refractivity contribution in [1.29, 1.82) is 0 Å². The number of fused-ring (bicyclic) bond motifs is 1. The number of hydrogen-bond acceptors (Lipinski definition) is 1. The third-order valence-corrected chi connectivity index (χ3v) is 3.79. The lowest BCUT2D eigenvalue weighted by molar-refractivity contribution is 0.0933. The van der Waals surface area contributed by atoms with E-state index in [4.69, 9.17) is 0 Å². The topological polar surface area (TPSA) is 29.1 Å². The van der Waals surface area contributed by atoms with Crippen LogP contribution in [0.5, 0.6) is 0 Å². The van der Waals surface area contributed by atoms with Crippen LogP contribution in [0, 0.1) is 5.82 Å². The maximum absolute atomic E-state index is 12.8. The maximum Gasteiger partial charge on any atom is 0.251 e. The van der Waals surface area contributed by atoms with Crippen LogP contribution in [0.4, 0.5) is 4.39 Å². The highest BCUT2D eigenvalue weighted by atomic mass is 19.1. The Hall–Kier alpha value is -2.16. The summed E-state index contributed by atoms with van der Waals surface area (Å²) in [7, 11) is 0. The van der Waals surface area contributed by atoms with Crippen LogP contribution in [-0.2, 0) is 12.8 Å². The van der Waals surface area contributed by atoms with Crippen LogP contribution in [0.2, 0.25) is 0 Å². The highest BCUT2D eigenvalue weighted by molar-refractivity contribution is 5.94. The molecular weight excluding hydrogens is 253 g/mol. The molecule has 0 saturated heterocycles. The van der Waals surface area contributed by atoms with Gasteiger partial charge in [0.25, 0.3) is 5.91 Å². The van der Waals surface area contributed by atoms with Crippen molar-refractivity contribution in [3.8, 4) is 0 Å². The van der Waals surface area contributed by atoms with Gasteiger partial charge < -0.3 is 5.32 Å². The van der Waals surface area contributed by atoms with Gasteiger partial charge in [-0.05, 0) is 54.7 Å². The summed E-state index contributed by atoms with van der Waals surface area (Å²) in [4.78, 5) is 12.1. The van der Waals surface area contributed by atoms with Gasteiger partial charge in [-0.1, -0.05) is 24.3 Å². The summed E-state index contributed by atoms with van der Waals surface area (Å²) in [6.07, 6.45) is 2.80. The second-order valence-corrected chi connectivity index (χ2v) is 5.19. The van der Waals surface area contributed by atoms with Crippen molar-refractivity contribution >= 4 is 5.91 Å².